The molecule has 1 rings (SSSR count). The van der Waals surface area contributed by atoms with Gasteiger partial charge in [-0.3, -0.25) is 4.79 Å². The highest BCUT2D eigenvalue weighted by Crippen LogP contribution is 2.14. The fourth-order valence-electron chi connectivity index (χ4n) is 1.20. The van der Waals surface area contributed by atoms with Crippen LogP contribution in [0.3, 0.4) is 0 Å². The molecule has 0 heterocycles. The number of amides is 1. The molecule has 0 saturated heterocycles. The molecule has 1 atom stereocenters. The van der Waals surface area contributed by atoms with Gasteiger partial charge in [0.15, 0.2) is 6.10 Å². The van der Waals surface area contributed by atoms with Crippen LogP contribution in [-0.2, 0) is 4.79 Å². The summed E-state index contributed by atoms with van der Waals surface area (Å²) in [6.45, 7) is 1.83. The second kappa shape index (κ2) is 5.46. The Balaban J connectivity index is 2.75. The lowest BCUT2D eigenvalue weighted by Gasteiger charge is -2.14. The maximum atomic E-state index is 11.0. The van der Waals surface area contributed by atoms with Gasteiger partial charge in [-0.05, 0) is 30.7 Å². The molecule has 4 nitrogen and oxygen atoms in total. The van der Waals surface area contributed by atoms with E-state index in [1.807, 2.05) is 6.92 Å². The van der Waals surface area contributed by atoms with Crippen LogP contribution in [-0.4, -0.2) is 17.0 Å². The predicted molar refractivity (Wildman–Crippen MR) is 66.2 cm³/mol. The number of carbonyl (C=O) groups is 1. The smallest absolute Gasteiger partial charge is 0.258 e. The van der Waals surface area contributed by atoms with Crippen LogP contribution < -0.4 is 16.2 Å². The number of primary amides is 1. The summed E-state index contributed by atoms with van der Waals surface area (Å²) in [5.74, 6) is 0.103. The maximum Gasteiger partial charge on any atom is 0.258 e. The van der Waals surface area contributed by atoms with E-state index in [1.54, 1.807) is 24.3 Å². The highest BCUT2D eigenvalue weighted by Gasteiger charge is 2.14. The molecule has 0 spiro atoms. The maximum absolute atomic E-state index is 11.0. The molecule has 0 radical (unpaired) electrons. The van der Waals surface area contributed by atoms with Gasteiger partial charge in [0.1, 0.15) is 10.7 Å². The summed E-state index contributed by atoms with van der Waals surface area (Å²) in [5, 5.41) is 0. The minimum atomic E-state index is -0.601. The van der Waals surface area contributed by atoms with Gasteiger partial charge in [-0.2, -0.15) is 0 Å². The molecule has 4 N–H and O–H groups in total. The Hall–Kier alpha value is -1.62. The molecule has 1 unspecified atom stereocenters. The highest BCUT2D eigenvalue weighted by atomic mass is 32.1. The molecule has 0 aliphatic heterocycles. The molecule has 0 bridgehead atoms. The van der Waals surface area contributed by atoms with Crippen LogP contribution in [0.4, 0.5) is 0 Å². The van der Waals surface area contributed by atoms with Gasteiger partial charge in [-0.25, -0.2) is 0 Å². The van der Waals surface area contributed by atoms with Crippen LogP contribution in [0.5, 0.6) is 5.75 Å². The van der Waals surface area contributed by atoms with E-state index in [4.69, 9.17) is 28.4 Å². The average Bonchev–Trinajstić information content (AvgIpc) is 2.26. The Morgan fingerprint density at radius 1 is 1.38 bits per heavy atom. The molecule has 0 aliphatic rings. The topological polar surface area (TPSA) is 78.3 Å². The van der Waals surface area contributed by atoms with Crippen molar-refractivity contribution in [2.45, 2.75) is 19.4 Å². The molecule has 0 aliphatic carbocycles. The Morgan fingerprint density at radius 2 is 1.94 bits per heavy atom. The lowest BCUT2D eigenvalue weighted by atomic mass is 10.2. The van der Waals surface area contributed by atoms with Crippen LogP contribution >= 0.6 is 12.2 Å². The monoisotopic (exact) mass is 238 g/mol. The lowest BCUT2D eigenvalue weighted by molar-refractivity contribution is -0.124. The largest absolute Gasteiger partial charge is 0.481 e. The van der Waals surface area contributed by atoms with Crippen molar-refractivity contribution in [3.8, 4) is 5.75 Å². The first-order chi connectivity index (χ1) is 7.54. The first kappa shape index (κ1) is 12.4. The third kappa shape index (κ3) is 3.20. The van der Waals surface area contributed by atoms with E-state index < -0.39 is 12.0 Å². The molecule has 0 aromatic heterocycles. The number of nitrogens with two attached hydrogens (primary N) is 2. The van der Waals surface area contributed by atoms with Gasteiger partial charge in [0, 0.05) is 5.56 Å². The molecule has 1 amide bonds. The first-order valence-electron chi connectivity index (χ1n) is 4.90. The molecule has 1 aromatic rings. The number of rotatable bonds is 5. The summed E-state index contributed by atoms with van der Waals surface area (Å²) in [6.07, 6.45) is -0.0671. The summed E-state index contributed by atoms with van der Waals surface area (Å²) in [5.41, 5.74) is 11.4. The predicted octanol–water partition coefficient (Wildman–Crippen LogP) is 0.964. The average molecular weight is 238 g/mol. The third-order valence-electron chi connectivity index (χ3n) is 2.11. The van der Waals surface area contributed by atoms with Gasteiger partial charge in [0.2, 0.25) is 0 Å². The van der Waals surface area contributed by atoms with Gasteiger partial charge in [0.25, 0.3) is 5.91 Å². The van der Waals surface area contributed by atoms with Crippen molar-refractivity contribution in [3.63, 3.8) is 0 Å². The molecule has 86 valence electrons. The van der Waals surface area contributed by atoms with E-state index in [0.717, 1.165) is 5.56 Å². The Bertz CT molecular complexity index is 389. The first-order valence-corrected chi connectivity index (χ1v) is 5.31. The van der Waals surface area contributed by atoms with Crippen LogP contribution in [0.1, 0.15) is 18.9 Å². The van der Waals surface area contributed by atoms with Crippen LogP contribution in [0.15, 0.2) is 24.3 Å². The molecule has 0 saturated carbocycles. The van der Waals surface area contributed by atoms with Crippen molar-refractivity contribution in [1.29, 1.82) is 0 Å². The molecule has 0 fully saturated rings. The highest BCUT2D eigenvalue weighted by molar-refractivity contribution is 7.80. The second-order valence-electron chi connectivity index (χ2n) is 3.31. The quantitative estimate of drug-likeness (QED) is 0.749. The van der Waals surface area contributed by atoms with Crippen molar-refractivity contribution in [2.75, 3.05) is 0 Å². The fourth-order valence-corrected chi connectivity index (χ4v) is 1.34. The van der Waals surface area contributed by atoms with E-state index in [1.165, 1.54) is 0 Å². The number of benzene rings is 1. The molecule has 5 heteroatoms. The normalized spacial score (nSPS) is 11.8. The van der Waals surface area contributed by atoms with Crippen molar-refractivity contribution < 1.29 is 9.53 Å². The van der Waals surface area contributed by atoms with Crippen molar-refractivity contribution in [2.24, 2.45) is 11.5 Å². The molecular weight excluding hydrogens is 224 g/mol. The van der Waals surface area contributed by atoms with Gasteiger partial charge in [-0.15, -0.1) is 0 Å². The van der Waals surface area contributed by atoms with Crippen LogP contribution in [0, 0.1) is 0 Å². The van der Waals surface area contributed by atoms with E-state index in [0.29, 0.717) is 17.2 Å². The van der Waals surface area contributed by atoms with E-state index >= 15 is 0 Å². The zero-order valence-corrected chi connectivity index (χ0v) is 9.79. The summed E-state index contributed by atoms with van der Waals surface area (Å²) < 4.78 is 5.40. The van der Waals surface area contributed by atoms with Crippen LogP contribution in [0.25, 0.3) is 0 Å². The number of hydrogen-bond acceptors (Lipinski definition) is 3. The fraction of sp³-hybridized carbons (Fsp3) is 0.273. The molecule has 1 aromatic carbocycles. The molecular formula is C11H14N2O2S. The van der Waals surface area contributed by atoms with Gasteiger partial charge in [0.05, 0.1) is 0 Å². The Kier molecular flexibility index (Phi) is 4.25. The minimum Gasteiger partial charge on any atom is -0.481 e. The van der Waals surface area contributed by atoms with Crippen molar-refractivity contribution in [3.05, 3.63) is 29.8 Å². The Morgan fingerprint density at radius 3 is 2.31 bits per heavy atom. The summed E-state index contributed by atoms with van der Waals surface area (Å²) in [6, 6.07) is 6.90. The number of hydrogen-bond donors (Lipinski definition) is 2. The minimum absolute atomic E-state index is 0.327. The lowest BCUT2D eigenvalue weighted by Crippen LogP contribution is -2.32. The van der Waals surface area contributed by atoms with Gasteiger partial charge < -0.3 is 16.2 Å². The third-order valence-corrected chi connectivity index (χ3v) is 2.34. The Labute approximate surface area is 99.6 Å². The SMILES string of the molecule is CCC(Oc1ccc(C(N)=S)cc1)C(N)=O. The standard InChI is InChI=1S/C11H14N2O2S/c1-2-9(10(12)14)15-8-5-3-7(4-6-8)11(13)16/h3-6,9H,2H2,1H3,(H2,12,14)(H2,13,16). The van der Waals surface area contributed by atoms with Crippen molar-refractivity contribution >= 4 is 23.1 Å². The van der Waals surface area contributed by atoms with E-state index in [9.17, 15) is 4.79 Å². The zero-order valence-electron chi connectivity index (χ0n) is 8.97. The van der Waals surface area contributed by atoms with Gasteiger partial charge in [-0.1, -0.05) is 19.1 Å². The summed E-state index contributed by atoms with van der Waals surface area (Å²) in [7, 11) is 0. The van der Waals surface area contributed by atoms with Crippen LogP contribution in [0.2, 0.25) is 0 Å². The summed E-state index contributed by atoms with van der Waals surface area (Å²) in [4.78, 5) is 11.3. The number of ether oxygens (including phenoxy) is 1. The van der Waals surface area contributed by atoms with Crippen molar-refractivity contribution in [1.82, 2.24) is 0 Å². The van der Waals surface area contributed by atoms with Gasteiger partial charge >= 0.3 is 0 Å². The summed E-state index contributed by atoms with van der Waals surface area (Å²) >= 11 is 4.82. The van der Waals surface area contributed by atoms with E-state index in [2.05, 4.69) is 0 Å². The second-order valence-corrected chi connectivity index (χ2v) is 3.75. The molecule has 16 heavy (non-hydrogen) atoms. The number of carbonyl (C=O) groups excluding carboxylic acids is 1. The number of thiocarbonyl (C=S) groups is 1. The van der Waals surface area contributed by atoms with E-state index in [-0.39, 0.29) is 0 Å². The zero-order chi connectivity index (χ0) is 12.1.